The van der Waals surface area contributed by atoms with Crippen LogP contribution >= 0.6 is 11.6 Å². The highest BCUT2D eigenvalue weighted by Gasteiger charge is 2.35. The normalized spacial score (nSPS) is 15.1. The number of alkyl halides is 2. The summed E-state index contributed by atoms with van der Waals surface area (Å²) in [6, 6.07) is 13.7. The lowest BCUT2D eigenvalue weighted by Crippen LogP contribution is -2.35. The number of nitrogens with zero attached hydrogens (tertiary/aromatic N) is 4. The first-order valence-corrected chi connectivity index (χ1v) is 16.3. The van der Waals surface area contributed by atoms with Gasteiger partial charge in [-0.1, -0.05) is 36.7 Å². The summed E-state index contributed by atoms with van der Waals surface area (Å²) in [7, 11) is 3.51. The smallest absolute Gasteiger partial charge is 0.355 e. The van der Waals surface area contributed by atoms with Gasteiger partial charge in [-0.2, -0.15) is 5.10 Å². The zero-order valence-electron chi connectivity index (χ0n) is 27.0. The molecule has 0 N–H and O–H groups in total. The molecule has 7 nitrogen and oxygen atoms in total. The zero-order chi connectivity index (χ0) is 33.5. The molecule has 0 saturated heterocycles. The average molecular weight is 667 g/mol. The number of carbonyl (C=O) groups is 1. The molecule has 6 rings (SSSR count). The summed E-state index contributed by atoms with van der Waals surface area (Å²) < 4.78 is 59.9. The number of esters is 1. The monoisotopic (exact) mass is 666 g/mol. The van der Waals surface area contributed by atoms with Crippen molar-refractivity contribution in [2.45, 2.75) is 58.5 Å². The van der Waals surface area contributed by atoms with E-state index >= 15 is 8.78 Å². The van der Waals surface area contributed by atoms with Gasteiger partial charge in [-0.3, -0.25) is 9.58 Å². The summed E-state index contributed by atoms with van der Waals surface area (Å²) in [5.74, 6) is -3.30. The molecule has 3 aromatic carbocycles. The molecule has 0 unspecified atom stereocenters. The number of aryl methyl sites for hydroxylation is 3. The van der Waals surface area contributed by atoms with Gasteiger partial charge >= 0.3 is 5.97 Å². The van der Waals surface area contributed by atoms with Crippen molar-refractivity contribution in [1.29, 1.82) is 0 Å². The molecule has 248 valence electrons. The van der Waals surface area contributed by atoms with Crippen LogP contribution in [0.4, 0.5) is 13.2 Å². The molecule has 0 bridgehead atoms. The van der Waals surface area contributed by atoms with Crippen molar-refractivity contribution in [2.75, 3.05) is 26.8 Å². The van der Waals surface area contributed by atoms with E-state index in [2.05, 4.69) is 0 Å². The first-order valence-electron chi connectivity index (χ1n) is 16.0. The van der Waals surface area contributed by atoms with Crippen molar-refractivity contribution in [3.8, 4) is 16.9 Å². The Bertz CT molecular complexity index is 1970. The van der Waals surface area contributed by atoms with Gasteiger partial charge in [0, 0.05) is 54.2 Å². The van der Waals surface area contributed by atoms with E-state index in [1.165, 1.54) is 12.1 Å². The lowest BCUT2D eigenvalue weighted by atomic mass is 9.97. The molecule has 0 spiro atoms. The second kappa shape index (κ2) is 13.2. The van der Waals surface area contributed by atoms with E-state index in [1.807, 2.05) is 44.3 Å². The predicted octanol–water partition coefficient (Wildman–Crippen LogP) is 8.21. The van der Waals surface area contributed by atoms with Gasteiger partial charge in [-0.25, -0.2) is 18.0 Å². The van der Waals surface area contributed by atoms with Crippen molar-refractivity contribution in [3.05, 3.63) is 82.0 Å². The molecule has 0 radical (unpaired) electrons. The zero-order valence-corrected chi connectivity index (χ0v) is 27.8. The molecule has 3 heterocycles. The summed E-state index contributed by atoms with van der Waals surface area (Å²) >= 11 is 7.01. The Labute approximate surface area is 276 Å². The Hall–Kier alpha value is -4.02. The molecule has 47 heavy (non-hydrogen) atoms. The minimum Gasteiger partial charge on any atom is -0.493 e. The Balaban J connectivity index is 1.49. The fourth-order valence-electron chi connectivity index (χ4n) is 6.91. The molecule has 11 heteroatoms. The summed E-state index contributed by atoms with van der Waals surface area (Å²) in [5.41, 5.74) is 4.62. The maximum Gasteiger partial charge on any atom is 0.355 e. The van der Waals surface area contributed by atoms with E-state index < -0.39 is 24.9 Å². The van der Waals surface area contributed by atoms with Gasteiger partial charge in [0.1, 0.15) is 17.3 Å². The first-order chi connectivity index (χ1) is 22.5. The second-order valence-corrected chi connectivity index (χ2v) is 12.5. The quantitative estimate of drug-likeness (QED) is 0.123. The largest absolute Gasteiger partial charge is 0.493 e. The van der Waals surface area contributed by atoms with E-state index in [0.717, 1.165) is 27.4 Å². The van der Waals surface area contributed by atoms with Crippen molar-refractivity contribution in [1.82, 2.24) is 19.2 Å². The number of rotatable bonds is 8. The van der Waals surface area contributed by atoms with Crippen molar-refractivity contribution >= 4 is 39.2 Å². The number of benzene rings is 3. The van der Waals surface area contributed by atoms with E-state index in [0.29, 0.717) is 59.0 Å². The fourth-order valence-corrected chi connectivity index (χ4v) is 7.15. The molecule has 0 amide bonds. The van der Waals surface area contributed by atoms with Crippen LogP contribution in [0.3, 0.4) is 0 Å². The highest BCUT2D eigenvalue weighted by molar-refractivity contribution is 6.35. The second-order valence-electron chi connectivity index (χ2n) is 12.1. The van der Waals surface area contributed by atoms with Gasteiger partial charge in [0.05, 0.1) is 36.0 Å². The van der Waals surface area contributed by atoms with Gasteiger partial charge in [-0.05, 0) is 74.5 Å². The third-order valence-electron chi connectivity index (χ3n) is 8.82. The molecule has 0 saturated carbocycles. The Kier molecular flexibility index (Phi) is 9.27. The van der Waals surface area contributed by atoms with Crippen LogP contribution in [0.2, 0.25) is 5.02 Å². The molecular weight excluding hydrogens is 629 g/mol. The molecule has 1 aliphatic rings. The number of halogens is 4. The molecule has 1 aliphatic heterocycles. The highest BCUT2D eigenvalue weighted by Crippen LogP contribution is 2.44. The summed E-state index contributed by atoms with van der Waals surface area (Å²) in [6.45, 7) is 3.82. The Morgan fingerprint density at radius 3 is 2.62 bits per heavy atom. The van der Waals surface area contributed by atoms with Crippen LogP contribution in [-0.2, 0) is 37.7 Å². The third kappa shape index (κ3) is 6.33. The van der Waals surface area contributed by atoms with Crippen LogP contribution in [0, 0.1) is 5.82 Å². The van der Waals surface area contributed by atoms with Gasteiger partial charge in [-0.15, -0.1) is 0 Å². The predicted molar refractivity (Wildman–Crippen MR) is 178 cm³/mol. The van der Waals surface area contributed by atoms with Gasteiger partial charge < -0.3 is 14.0 Å². The molecule has 0 atom stereocenters. The Morgan fingerprint density at radius 1 is 1.06 bits per heavy atom. The molecular formula is C36H38ClF3N4O3. The highest BCUT2D eigenvalue weighted by atomic mass is 35.5. The van der Waals surface area contributed by atoms with Crippen LogP contribution in [0.25, 0.3) is 32.8 Å². The van der Waals surface area contributed by atoms with Gasteiger partial charge in [0.15, 0.2) is 0 Å². The SMILES string of the molecule is CCOC(=O)c1c(CCCOc2cccc3cc(F)ccc23)c2ccc(Cl)c3c2n1CCC(F)(F)CN(C)Cc1nn(C)c(CC)c1-3. The van der Waals surface area contributed by atoms with Gasteiger partial charge in [0.25, 0.3) is 5.92 Å². The minimum atomic E-state index is -3.03. The van der Waals surface area contributed by atoms with Gasteiger partial charge in [0.2, 0.25) is 0 Å². The van der Waals surface area contributed by atoms with Crippen LogP contribution in [-0.4, -0.2) is 57.9 Å². The number of hydrogen-bond donors (Lipinski definition) is 0. The summed E-state index contributed by atoms with van der Waals surface area (Å²) in [6.07, 6.45) is 1.09. The number of carbonyl (C=O) groups excluding carboxylic acids is 1. The number of ether oxygens (including phenoxy) is 2. The molecule has 5 aromatic rings. The fraction of sp³-hybridized carbons (Fsp3) is 0.389. The topological polar surface area (TPSA) is 61.5 Å². The van der Waals surface area contributed by atoms with E-state index in [1.54, 1.807) is 34.2 Å². The van der Waals surface area contributed by atoms with Crippen molar-refractivity contribution in [2.24, 2.45) is 7.05 Å². The van der Waals surface area contributed by atoms with E-state index in [4.69, 9.17) is 26.2 Å². The maximum atomic E-state index is 15.5. The molecule has 0 fully saturated rings. The van der Waals surface area contributed by atoms with Crippen molar-refractivity contribution < 1.29 is 27.4 Å². The summed E-state index contributed by atoms with van der Waals surface area (Å²) in [4.78, 5) is 15.3. The summed E-state index contributed by atoms with van der Waals surface area (Å²) in [5, 5.41) is 7.50. The standard InChI is InChI=1S/C36H38ClF3N4O3/c1-5-29-32-28(41-43(29)4)20-42(3)21-36(39,40)16-17-44-33-26(14-15-27(37)31(32)33)25(34(44)35(45)46-6-2)10-8-18-47-30-11-7-9-22-19-23(38)12-13-24(22)30/h7,9,11-15,19H,5-6,8,10,16-18,20-21H2,1-4H3. The van der Waals surface area contributed by atoms with Crippen molar-refractivity contribution in [3.63, 3.8) is 0 Å². The number of hydrogen-bond acceptors (Lipinski definition) is 5. The first kappa shape index (κ1) is 32.9. The number of aromatic nitrogens is 3. The molecule has 0 aliphatic carbocycles. The Morgan fingerprint density at radius 2 is 1.85 bits per heavy atom. The van der Waals surface area contributed by atoms with E-state index in [9.17, 15) is 9.18 Å². The van der Waals surface area contributed by atoms with Crippen LogP contribution in [0.15, 0.2) is 48.5 Å². The van der Waals surface area contributed by atoms with Crippen LogP contribution in [0.1, 0.15) is 54.1 Å². The minimum absolute atomic E-state index is 0.112. The lowest BCUT2D eigenvalue weighted by molar-refractivity contribution is -0.0386. The van der Waals surface area contributed by atoms with Crippen LogP contribution in [0.5, 0.6) is 5.75 Å². The average Bonchev–Trinajstić information content (AvgIpc) is 3.49. The van der Waals surface area contributed by atoms with Crippen LogP contribution < -0.4 is 4.74 Å². The van der Waals surface area contributed by atoms with E-state index in [-0.39, 0.29) is 31.2 Å². The molecule has 2 aromatic heterocycles. The number of fused-ring (bicyclic) bond motifs is 3. The lowest BCUT2D eigenvalue weighted by Gasteiger charge is -2.23. The third-order valence-corrected chi connectivity index (χ3v) is 9.14. The maximum absolute atomic E-state index is 15.5.